The molecule has 0 saturated carbocycles. The second-order valence-corrected chi connectivity index (χ2v) is 11.6. The van der Waals surface area contributed by atoms with Gasteiger partial charge in [-0.05, 0) is 93.1 Å². The monoisotopic (exact) mass is 480 g/mol. The molecule has 0 amide bonds. The van der Waals surface area contributed by atoms with Crippen molar-refractivity contribution in [3.05, 3.63) is 142 Å². The fourth-order valence-corrected chi connectivity index (χ4v) is 6.32. The summed E-state index contributed by atoms with van der Waals surface area (Å²) >= 11 is 0. The van der Waals surface area contributed by atoms with Gasteiger partial charge in [0.15, 0.2) is 0 Å². The zero-order valence-electron chi connectivity index (χ0n) is 22.9. The zero-order chi connectivity index (χ0) is 25.9. The molecule has 0 aromatic heterocycles. The van der Waals surface area contributed by atoms with E-state index in [2.05, 4.69) is 139 Å². The van der Waals surface area contributed by atoms with Crippen LogP contribution in [0.1, 0.15) is 84.0 Å². The molecule has 0 bridgehead atoms. The van der Waals surface area contributed by atoms with Gasteiger partial charge in [0.25, 0.3) is 0 Å². The lowest BCUT2D eigenvalue weighted by atomic mass is 9.67. The highest BCUT2D eigenvalue weighted by Gasteiger charge is 2.46. The molecule has 1 aliphatic rings. The van der Waals surface area contributed by atoms with Gasteiger partial charge in [-0.3, -0.25) is 0 Å². The molecule has 0 aliphatic heterocycles. The first-order valence-corrected chi connectivity index (χ1v) is 13.7. The number of hydrogen-bond acceptors (Lipinski definition) is 0. The predicted molar refractivity (Wildman–Crippen MR) is 159 cm³/mol. The quantitative estimate of drug-likeness (QED) is 0.235. The first-order valence-electron chi connectivity index (χ1n) is 13.7. The minimum absolute atomic E-state index is 0.361. The van der Waals surface area contributed by atoms with Crippen LogP contribution in [0.4, 0.5) is 0 Å². The minimum atomic E-state index is -0.361. The van der Waals surface area contributed by atoms with E-state index in [0.29, 0.717) is 11.8 Å². The van der Waals surface area contributed by atoms with Crippen molar-refractivity contribution in [3.63, 3.8) is 0 Å². The normalized spacial score (nSPS) is 13.8. The average Bonchev–Trinajstić information content (AvgIpc) is 3.16. The maximum Gasteiger partial charge on any atom is 0.0713 e. The van der Waals surface area contributed by atoms with E-state index in [1.165, 1.54) is 66.4 Å². The lowest BCUT2D eigenvalue weighted by Crippen LogP contribution is -2.28. The Balaban J connectivity index is 1.75. The molecule has 0 heterocycles. The van der Waals surface area contributed by atoms with Crippen molar-refractivity contribution < 1.29 is 0 Å². The van der Waals surface area contributed by atoms with Gasteiger partial charge in [0.05, 0.1) is 5.41 Å². The lowest BCUT2D eigenvalue weighted by molar-refractivity contribution is 0.762. The Bertz CT molecular complexity index is 1560. The Hall–Kier alpha value is -3.64. The number of benzene rings is 5. The summed E-state index contributed by atoms with van der Waals surface area (Å²) < 4.78 is 0. The van der Waals surface area contributed by atoms with Crippen LogP contribution in [0.15, 0.2) is 97.1 Å². The van der Waals surface area contributed by atoms with Gasteiger partial charge in [-0.1, -0.05) is 124 Å². The molecular formula is C37H36. The molecule has 0 nitrogen and oxygen atoms in total. The summed E-state index contributed by atoms with van der Waals surface area (Å²) in [7, 11) is 0. The molecule has 0 spiro atoms. The van der Waals surface area contributed by atoms with E-state index in [1.807, 2.05) is 0 Å². The molecule has 1 aliphatic carbocycles. The summed E-state index contributed by atoms with van der Waals surface area (Å²) in [5.74, 6) is 1.01. The van der Waals surface area contributed by atoms with Gasteiger partial charge in [0, 0.05) is 0 Å². The smallest absolute Gasteiger partial charge is 0.0587 e. The molecular weight excluding hydrogens is 444 g/mol. The van der Waals surface area contributed by atoms with E-state index in [4.69, 9.17) is 0 Å². The Morgan fingerprint density at radius 2 is 0.973 bits per heavy atom. The molecule has 5 aromatic carbocycles. The summed E-state index contributed by atoms with van der Waals surface area (Å²) in [6.07, 6.45) is 0. The molecule has 0 N–H and O–H groups in total. The van der Waals surface area contributed by atoms with Gasteiger partial charge in [-0.2, -0.15) is 0 Å². The summed E-state index contributed by atoms with van der Waals surface area (Å²) in [5.41, 5.74) is 13.2. The van der Waals surface area contributed by atoms with Crippen molar-refractivity contribution in [2.24, 2.45) is 0 Å². The highest BCUT2D eigenvalue weighted by atomic mass is 14.5. The molecule has 5 aromatic rings. The number of fused-ring (bicyclic) bond motifs is 4. The summed E-state index contributed by atoms with van der Waals surface area (Å²) in [4.78, 5) is 0. The summed E-state index contributed by atoms with van der Waals surface area (Å²) in [5, 5.41) is 2.61. The highest BCUT2D eigenvalue weighted by molar-refractivity contribution is 5.96. The van der Waals surface area contributed by atoms with Crippen LogP contribution < -0.4 is 0 Å². The largest absolute Gasteiger partial charge is 0.0713 e. The van der Waals surface area contributed by atoms with E-state index in [1.54, 1.807) is 0 Å². The third kappa shape index (κ3) is 3.65. The van der Waals surface area contributed by atoms with Crippen LogP contribution in [0, 0.1) is 13.8 Å². The third-order valence-electron chi connectivity index (χ3n) is 8.43. The first kappa shape index (κ1) is 23.7. The zero-order valence-corrected chi connectivity index (χ0v) is 22.9. The van der Waals surface area contributed by atoms with Crippen LogP contribution in [0.2, 0.25) is 0 Å². The van der Waals surface area contributed by atoms with E-state index in [9.17, 15) is 0 Å². The maximum absolute atomic E-state index is 2.47. The van der Waals surface area contributed by atoms with Crippen LogP contribution >= 0.6 is 0 Å². The fourth-order valence-electron chi connectivity index (χ4n) is 6.32. The van der Waals surface area contributed by atoms with Gasteiger partial charge in [-0.15, -0.1) is 0 Å². The van der Waals surface area contributed by atoms with Crippen molar-refractivity contribution in [1.82, 2.24) is 0 Å². The summed E-state index contributed by atoms with van der Waals surface area (Å²) in [6.45, 7) is 13.5. The van der Waals surface area contributed by atoms with Crippen molar-refractivity contribution in [3.8, 4) is 11.1 Å². The number of hydrogen-bond donors (Lipinski definition) is 0. The van der Waals surface area contributed by atoms with Gasteiger partial charge in [0.1, 0.15) is 0 Å². The maximum atomic E-state index is 2.47. The molecule has 6 rings (SSSR count). The molecule has 0 heteroatoms. The number of rotatable bonds is 4. The second-order valence-electron chi connectivity index (χ2n) is 11.6. The lowest BCUT2D eigenvalue weighted by Gasteiger charge is -2.34. The van der Waals surface area contributed by atoms with E-state index in [0.717, 1.165) is 0 Å². The molecule has 0 unspecified atom stereocenters. The standard InChI is InChI=1S/C37H36/c1-23(2)27-10-14-31(15-11-27)37(32-16-12-28(13-17-32)24(3)4)35-20-26(6)8-18-33(35)34-21-29-9-7-25(5)19-30(29)22-36(34)37/h7-24H,1-6H3. The van der Waals surface area contributed by atoms with E-state index in [-0.39, 0.29) is 5.41 Å². The highest BCUT2D eigenvalue weighted by Crippen LogP contribution is 2.57. The Kier molecular flexibility index (Phi) is 5.60. The van der Waals surface area contributed by atoms with Crippen molar-refractivity contribution >= 4 is 10.8 Å². The van der Waals surface area contributed by atoms with Crippen LogP contribution in [0.3, 0.4) is 0 Å². The first-order chi connectivity index (χ1) is 17.8. The van der Waals surface area contributed by atoms with Crippen LogP contribution in [-0.2, 0) is 5.41 Å². The Morgan fingerprint density at radius 1 is 0.459 bits per heavy atom. The van der Waals surface area contributed by atoms with Gasteiger partial charge >= 0.3 is 0 Å². The third-order valence-corrected chi connectivity index (χ3v) is 8.43. The van der Waals surface area contributed by atoms with Crippen LogP contribution in [-0.4, -0.2) is 0 Å². The van der Waals surface area contributed by atoms with Crippen LogP contribution in [0.25, 0.3) is 21.9 Å². The number of aryl methyl sites for hydroxylation is 2. The SMILES string of the molecule is Cc1ccc2c(c1)C(c1ccc(C(C)C)cc1)(c1ccc(C(C)C)cc1)c1cc3cc(C)ccc3cc1-2. The second kappa shape index (κ2) is 8.73. The topological polar surface area (TPSA) is 0 Å². The van der Waals surface area contributed by atoms with Crippen molar-refractivity contribution in [2.45, 2.75) is 58.8 Å². The molecule has 0 saturated heterocycles. The molecule has 0 radical (unpaired) electrons. The van der Waals surface area contributed by atoms with Crippen molar-refractivity contribution in [1.29, 1.82) is 0 Å². The predicted octanol–water partition coefficient (Wildman–Crippen LogP) is 10.1. The van der Waals surface area contributed by atoms with E-state index < -0.39 is 0 Å². The van der Waals surface area contributed by atoms with Crippen molar-refractivity contribution in [2.75, 3.05) is 0 Å². The average molecular weight is 481 g/mol. The van der Waals surface area contributed by atoms with Gasteiger partial charge in [-0.25, -0.2) is 0 Å². The summed E-state index contributed by atoms with van der Waals surface area (Å²) in [6, 6.07) is 37.6. The Labute approximate surface area is 222 Å². The van der Waals surface area contributed by atoms with Gasteiger partial charge < -0.3 is 0 Å². The molecule has 184 valence electrons. The molecule has 0 fully saturated rings. The van der Waals surface area contributed by atoms with Gasteiger partial charge in [0.2, 0.25) is 0 Å². The molecule has 37 heavy (non-hydrogen) atoms. The fraction of sp³-hybridized carbons (Fsp3) is 0.243. The Morgan fingerprint density at radius 3 is 1.54 bits per heavy atom. The molecule has 0 atom stereocenters. The van der Waals surface area contributed by atoms with E-state index >= 15 is 0 Å². The minimum Gasteiger partial charge on any atom is -0.0587 e. The van der Waals surface area contributed by atoms with Crippen LogP contribution in [0.5, 0.6) is 0 Å².